The molecule has 0 saturated heterocycles. The van der Waals surface area contributed by atoms with E-state index in [4.69, 9.17) is 13.8 Å². The van der Waals surface area contributed by atoms with Crippen molar-refractivity contribution in [2.45, 2.75) is 0 Å². The van der Waals surface area contributed by atoms with Gasteiger partial charge < -0.3 is 8.83 Å². The number of aromatic nitrogens is 3. The molecule has 6 aromatic rings. The Morgan fingerprint density at radius 2 is 1.08 bits per heavy atom. The van der Waals surface area contributed by atoms with Crippen molar-refractivity contribution in [3.63, 3.8) is 0 Å². The normalized spacial score (nSPS) is 11.9. The van der Waals surface area contributed by atoms with Crippen molar-refractivity contribution in [2.75, 3.05) is 0 Å². The van der Waals surface area contributed by atoms with Crippen molar-refractivity contribution in [1.29, 1.82) is 0 Å². The number of rotatable bonds is 2. The molecule has 0 radical (unpaired) electrons. The van der Waals surface area contributed by atoms with Crippen LogP contribution < -0.4 is 0 Å². The molecular weight excluding hydrogens is 446 g/mol. The van der Waals surface area contributed by atoms with Crippen LogP contribution in [0.15, 0.2) is 113 Å². The Balaban J connectivity index is 1.23. The minimum Gasteiger partial charge on any atom is -0.464 e. The van der Waals surface area contributed by atoms with Crippen LogP contribution in [0.5, 0.6) is 0 Å². The molecule has 0 spiro atoms. The second-order valence-corrected chi connectivity index (χ2v) is 8.98. The third-order valence-electron chi connectivity index (χ3n) is 7.00. The summed E-state index contributed by atoms with van der Waals surface area (Å²) in [5.41, 5.74) is 6.66. The van der Waals surface area contributed by atoms with Gasteiger partial charge in [-0.1, -0.05) is 36.4 Å². The Morgan fingerprint density at radius 3 is 1.81 bits per heavy atom. The van der Waals surface area contributed by atoms with E-state index in [-0.39, 0.29) is 0 Å². The third kappa shape index (κ3) is 2.80. The maximum absolute atomic E-state index is 5.55. The van der Waals surface area contributed by atoms with Crippen molar-refractivity contribution in [3.8, 4) is 33.8 Å². The van der Waals surface area contributed by atoms with Crippen molar-refractivity contribution in [1.82, 2.24) is 15.0 Å². The van der Waals surface area contributed by atoms with Crippen molar-refractivity contribution < 1.29 is 8.83 Å². The maximum atomic E-state index is 5.55. The van der Waals surface area contributed by atoms with Gasteiger partial charge in [0.05, 0.1) is 24.4 Å². The highest BCUT2D eigenvalue weighted by atomic mass is 16.3. The molecule has 4 aromatic carbocycles. The largest absolute Gasteiger partial charge is 0.464 e. The molecule has 0 atom stereocenters. The second kappa shape index (κ2) is 7.23. The minimum absolute atomic E-state index is 0.661. The predicted molar refractivity (Wildman–Crippen MR) is 142 cm³/mol. The van der Waals surface area contributed by atoms with Crippen LogP contribution in [0, 0.1) is 0 Å². The van der Waals surface area contributed by atoms with E-state index in [1.807, 2.05) is 36.7 Å². The molecule has 0 amide bonds. The van der Waals surface area contributed by atoms with Gasteiger partial charge in [0.1, 0.15) is 11.2 Å². The van der Waals surface area contributed by atoms with Gasteiger partial charge in [-0.3, -0.25) is 4.98 Å². The Kier molecular flexibility index (Phi) is 3.88. The summed E-state index contributed by atoms with van der Waals surface area (Å²) >= 11 is 0. The smallest absolute Gasteiger partial charge is 0.159 e. The first kappa shape index (κ1) is 19.3. The van der Waals surface area contributed by atoms with E-state index in [9.17, 15) is 0 Å². The maximum Gasteiger partial charge on any atom is 0.159 e. The minimum atomic E-state index is 0.661. The average Bonchev–Trinajstić information content (AvgIpc) is 3.65. The van der Waals surface area contributed by atoms with Gasteiger partial charge >= 0.3 is 0 Å². The van der Waals surface area contributed by atoms with Crippen molar-refractivity contribution in [3.05, 3.63) is 104 Å². The van der Waals surface area contributed by atoms with Gasteiger partial charge in [-0.15, -0.1) is 0 Å². The number of hydrogen-bond acceptors (Lipinski definition) is 5. The van der Waals surface area contributed by atoms with Gasteiger partial charge in [0, 0.05) is 39.9 Å². The quantitative estimate of drug-likeness (QED) is 0.259. The van der Waals surface area contributed by atoms with Crippen LogP contribution in [-0.2, 0) is 0 Å². The molecule has 0 bridgehead atoms. The van der Waals surface area contributed by atoms with E-state index in [2.05, 4.69) is 58.5 Å². The highest BCUT2D eigenvalue weighted by molar-refractivity contribution is 6.08. The summed E-state index contributed by atoms with van der Waals surface area (Å²) in [5, 5.41) is 6.83. The predicted octanol–water partition coefficient (Wildman–Crippen LogP) is 8.11. The zero-order valence-corrected chi connectivity index (χ0v) is 19.0. The van der Waals surface area contributed by atoms with E-state index in [1.54, 1.807) is 18.7 Å². The molecule has 4 heterocycles. The number of benzene rings is 4. The van der Waals surface area contributed by atoms with E-state index in [0.717, 1.165) is 66.0 Å². The van der Waals surface area contributed by atoms with Gasteiger partial charge in [0.25, 0.3) is 0 Å². The van der Waals surface area contributed by atoms with Crippen molar-refractivity contribution >= 4 is 43.5 Å². The topological polar surface area (TPSA) is 65.0 Å². The highest BCUT2D eigenvalue weighted by Gasteiger charge is 2.15. The molecule has 2 aromatic heterocycles. The molecule has 0 fully saturated rings. The van der Waals surface area contributed by atoms with Gasteiger partial charge in [0.15, 0.2) is 5.82 Å². The summed E-state index contributed by atoms with van der Waals surface area (Å²) < 4.78 is 11.1. The average molecular weight is 463 g/mol. The molecular formula is C31H17N3O2. The van der Waals surface area contributed by atoms with Gasteiger partial charge in [-0.05, 0) is 63.5 Å². The number of fused-ring (bicyclic) bond motifs is 7. The lowest BCUT2D eigenvalue weighted by atomic mass is 9.98. The first-order chi connectivity index (χ1) is 17.8. The summed E-state index contributed by atoms with van der Waals surface area (Å²) in [7, 11) is 0. The van der Waals surface area contributed by atoms with Crippen LogP contribution in [0.1, 0.15) is 0 Å². The fourth-order valence-corrected chi connectivity index (χ4v) is 5.18. The van der Waals surface area contributed by atoms with Gasteiger partial charge in [0.2, 0.25) is 0 Å². The first-order valence-corrected chi connectivity index (χ1v) is 11.7. The number of hydrogen-bond donors (Lipinski definition) is 0. The fourth-order valence-electron chi connectivity index (χ4n) is 5.18. The Morgan fingerprint density at radius 1 is 0.472 bits per heavy atom. The Labute approximate surface area is 205 Å². The molecule has 8 rings (SSSR count). The van der Waals surface area contributed by atoms with Crippen molar-refractivity contribution in [2.24, 2.45) is 0 Å². The van der Waals surface area contributed by atoms with Crippen LogP contribution in [-0.4, -0.2) is 15.0 Å². The lowest BCUT2D eigenvalue weighted by Crippen LogP contribution is -1.84. The molecule has 36 heavy (non-hydrogen) atoms. The third-order valence-corrected chi connectivity index (χ3v) is 7.00. The lowest BCUT2D eigenvalue weighted by Gasteiger charge is -2.04. The molecule has 2 aliphatic rings. The summed E-state index contributed by atoms with van der Waals surface area (Å²) in [6.45, 7) is 0. The van der Waals surface area contributed by atoms with Crippen LogP contribution >= 0.6 is 0 Å². The molecule has 0 saturated carbocycles. The summed E-state index contributed by atoms with van der Waals surface area (Å²) in [6, 6.07) is 25.0. The van der Waals surface area contributed by atoms with Gasteiger partial charge in [-0.25, -0.2) is 9.97 Å². The molecule has 5 nitrogen and oxygen atoms in total. The molecule has 2 aliphatic heterocycles. The van der Waals surface area contributed by atoms with E-state index in [0.29, 0.717) is 5.82 Å². The SMILES string of the molecule is c1cc2c(ccc3cc(-c4ncc5ncc(-c6ccc7c(ccc8occc87)c6)c-5cn4)ccc32)o1. The second-order valence-electron chi connectivity index (χ2n) is 8.98. The zero-order valence-electron chi connectivity index (χ0n) is 19.0. The van der Waals surface area contributed by atoms with Crippen LogP contribution in [0.4, 0.5) is 0 Å². The first-order valence-electron chi connectivity index (χ1n) is 11.7. The summed E-state index contributed by atoms with van der Waals surface area (Å²) in [4.78, 5) is 14.1. The molecule has 0 unspecified atom stereocenters. The zero-order chi connectivity index (χ0) is 23.6. The van der Waals surface area contributed by atoms with Crippen LogP contribution in [0.3, 0.4) is 0 Å². The Bertz CT molecular complexity index is 2070. The number of furan rings is 2. The standard InChI is InChI=1S/C31H17N3O2/c1-5-22-18(3-7-29-24(22)9-11-35-29)13-20(1)26-15-32-28-17-34-31(33-16-27(26)28)21-2-6-23-19(14-21)4-8-30-25(23)10-12-36-30/h1-17H. The molecule has 5 heteroatoms. The highest BCUT2D eigenvalue weighted by Crippen LogP contribution is 2.36. The fraction of sp³-hybridized carbons (Fsp3) is 0. The molecule has 0 aliphatic carbocycles. The Hall–Kier alpha value is -5.03. The molecule has 0 N–H and O–H groups in total. The van der Waals surface area contributed by atoms with E-state index in [1.165, 1.54) is 5.39 Å². The monoisotopic (exact) mass is 463 g/mol. The van der Waals surface area contributed by atoms with Crippen LogP contribution in [0.25, 0.3) is 77.3 Å². The van der Waals surface area contributed by atoms with Gasteiger partial charge in [-0.2, -0.15) is 0 Å². The van der Waals surface area contributed by atoms with E-state index < -0.39 is 0 Å². The molecule has 168 valence electrons. The van der Waals surface area contributed by atoms with Crippen LogP contribution in [0.2, 0.25) is 0 Å². The summed E-state index contributed by atoms with van der Waals surface area (Å²) in [5.74, 6) is 0.661. The van der Waals surface area contributed by atoms with E-state index >= 15 is 0 Å². The summed E-state index contributed by atoms with van der Waals surface area (Å²) in [6.07, 6.45) is 9.05. The lowest BCUT2D eigenvalue weighted by molar-refractivity contribution is 0.616. The number of nitrogens with zero attached hydrogens (tertiary/aromatic N) is 3.